The van der Waals surface area contributed by atoms with Gasteiger partial charge < -0.3 is 65.3 Å². The molecule has 1 aromatic rings. The molecule has 0 spiro atoms. The first-order valence-corrected chi connectivity index (χ1v) is 26.3. The van der Waals surface area contributed by atoms with Crippen LogP contribution in [0, 0.1) is 29.6 Å². The predicted molar refractivity (Wildman–Crippen MR) is 278 cm³/mol. The molecule has 1 saturated heterocycles. The summed E-state index contributed by atoms with van der Waals surface area (Å²) in [6.07, 6.45) is 0.0852. The van der Waals surface area contributed by atoms with E-state index in [0.29, 0.717) is 24.3 Å². The molecule has 0 radical (unpaired) electrons. The van der Waals surface area contributed by atoms with Crippen molar-refractivity contribution in [2.75, 3.05) is 32.7 Å². The normalized spacial score (nSPS) is 23.4. The van der Waals surface area contributed by atoms with E-state index in [1.807, 2.05) is 27.7 Å². The lowest BCUT2D eigenvalue weighted by atomic mass is 9.89. The molecule has 0 saturated carbocycles. The van der Waals surface area contributed by atoms with Crippen LogP contribution in [0.15, 0.2) is 30.3 Å². The lowest BCUT2D eigenvalue weighted by molar-refractivity contribution is -0.136. The number of nitrogens with two attached hydrogens (primary N) is 4. The minimum atomic E-state index is -1.24. The van der Waals surface area contributed by atoms with E-state index in [-0.39, 0.29) is 102 Å². The highest BCUT2D eigenvalue weighted by atomic mass is 16.3. The van der Waals surface area contributed by atoms with E-state index in [4.69, 9.17) is 22.9 Å². The predicted octanol–water partition coefficient (Wildman–Crippen LogP) is -0.127. The molecule has 0 aromatic heterocycles. The van der Waals surface area contributed by atoms with Gasteiger partial charge in [0.2, 0.25) is 41.4 Å². The first kappa shape index (κ1) is 63.8. The van der Waals surface area contributed by atoms with Crippen molar-refractivity contribution < 1.29 is 48.3 Å². The van der Waals surface area contributed by atoms with Crippen LogP contribution in [0.3, 0.4) is 0 Å². The summed E-state index contributed by atoms with van der Waals surface area (Å²) < 4.78 is 0. The zero-order valence-electron chi connectivity index (χ0n) is 44.2. The largest absolute Gasteiger partial charge is 0.393 e. The molecule has 1 aliphatic rings. The van der Waals surface area contributed by atoms with Gasteiger partial charge in [0, 0.05) is 31.2 Å². The van der Waals surface area contributed by atoms with Gasteiger partial charge in [0.05, 0.1) is 24.6 Å². The SMILES string of the molecule is CC(C)CCCC(O)CC(=O)N[C@@H](CCN)C(=O)C[C@H]1CCNC(=O)[C@H](CC(C)C)NC(=O)[C@H](CCN)NC(=O)[C@H](CCN)NC(=O)[C@H](CC(C)C)NC(=O)[C@@H](Cc2ccccc2)CC(=O)[C@H](CCN)NC1=O. The average Bonchev–Trinajstić information content (AvgIpc) is 3.31. The van der Waals surface area contributed by atoms with Crippen LogP contribution in [-0.4, -0.2) is 133 Å². The molecule has 412 valence electrons. The first-order chi connectivity index (χ1) is 34.6. The van der Waals surface area contributed by atoms with E-state index in [2.05, 4.69) is 51.1 Å². The Bertz CT molecular complexity index is 1920. The summed E-state index contributed by atoms with van der Waals surface area (Å²) in [5.41, 5.74) is 24.4. The Hall–Kier alpha value is -5.35. The highest BCUT2D eigenvalue weighted by Crippen LogP contribution is 2.20. The third-order valence-corrected chi connectivity index (χ3v) is 12.7. The Morgan fingerprint density at radius 3 is 1.63 bits per heavy atom. The van der Waals surface area contributed by atoms with Gasteiger partial charge in [-0.1, -0.05) is 84.7 Å². The summed E-state index contributed by atoms with van der Waals surface area (Å²) in [5, 5.41) is 29.7. The molecule has 1 aromatic carbocycles. The van der Waals surface area contributed by atoms with Crippen LogP contribution >= 0.6 is 0 Å². The smallest absolute Gasteiger partial charge is 0.243 e. The molecule has 7 amide bonds. The summed E-state index contributed by atoms with van der Waals surface area (Å²) in [6.45, 7) is 11.2. The van der Waals surface area contributed by atoms with E-state index in [1.165, 1.54) is 0 Å². The minimum absolute atomic E-state index is 0.00129. The average molecular weight is 1030 g/mol. The topological polar surface area (TPSA) is 362 Å². The van der Waals surface area contributed by atoms with E-state index >= 15 is 0 Å². The molecule has 0 aliphatic carbocycles. The van der Waals surface area contributed by atoms with Crippen LogP contribution in [0.1, 0.15) is 131 Å². The lowest BCUT2D eigenvalue weighted by Crippen LogP contribution is -2.59. The summed E-state index contributed by atoms with van der Waals surface area (Å²) in [7, 11) is 0. The van der Waals surface area contributed by atoms with Gasteiger partial charge in [0.1, 0.15) is 24.2 Å². The van der Waals surface area contributed by atoms with Crippen molar-refractivity contribution in [3.05, 3.63) is 35.9 Å². The number of Topliss-reactive ketones (excluding diaryl/α,β-unsaturated/α-hetero) is 2. The van der Waals surface area contributed by atoms with Crippen molar-refractivity contribution in [1.82, 2.24) is 37.2 Å². The van der Waals surface area contributed by atoms with Crippen LogP contribution in [0.4, 0.5) is 0 Å². The molecule has 0 bridgehead atoms. The lowest BCUT2D eigenvalue weighted by Gasteiger charge is -2.28. The van der Waals surface area contributed by atoms with Gasteiger partial charge in [0.25, 0.3) is 0 Å². The number of amides is 7. The summed E-state index contributed by atoms with van der Waals surface area (Å²) in [6, 6.07) is 1.79. The molecule has 1 heterocycles. The van der Waals surface area contributed by atoms with Crippen LogP contribution in [0.5, 0.6) is 0 Å². The van der Waals surface area contributed by atoms with Gasteiger partial charge in [-0.3, -0.25) is 43.2 Å². The van der Waals surface area contributed by atoms with Gasteiger partial charge in [-0.15, -0.1) is 0 Å². The van der Waals surface area contributed by atoms with Crippen molar-refractivity contribution in [3.63, 3.8) is 0 Å². The number of aliphatic hydroxyl groups is 1. The molecular weight excluding hydrogens is 939 g/mol. The number of hydrogen-bond acceptors (Lipinski definition) is 14. The van der Waals surface area contributed by atoms with Crippen molar-refractivity contribution in [2.45, 2.75) is 174 Å². The van der Waals surface area contributed by atoms with Gasteiger partial charge in [-0.25, -0.2) is 0 Å². The van der Waals surface area contributed by atoms with Crippen molar-refractivity contribution in [2.24, 2.45) is 52.5 Å². The number of rotatable bonds is 24. The first-order valence-electron chi connectivity index (χ1n) is 26.3. The zero-order chi connectivity index (χ0) is 54.6. The Morgan fingerprint density at radius 1 is 0.603 bits per heavy atom. The molecule has 1 fully saturated rings. The number of nitrogens with one attached hydrogen (secondary N) is 7. The van der Waals surface area contributed by atoms with E-state index in [1.54, 1.807) is 30.3 Å². The second kappa shape index (κ2) is 34.2. The molecule has 73 heavy (non-hydrogen) atoms. The number of carbonyl (C=O) groups excluding carboxylic acids is 9. The van der Waals surface area contributed by atoms with E-state index in [0.717, 1.165) is 6.42 Å². The van der Waals surface area contributed by atoms with Crippen LogP contribution in [0.25, 0.3) is 0 Å². The molecular formula is C52H89N11O10. The Kier molecular flexibility index (Phi) is 29.9. The zero-order valence-corrected chi connectivity index (χ0v) is 44.2. The number of hydrogen-bond donors (Lipinski definition) is 12. The molecule has 1 aliphatic heterocycles. The highest BCUT2D eigenvalue weighted by molar-refractivity contribution is 5.98. The Morgan fingerprint density at radius 2 is 1.10 bits per heavy atom. The number of benzene rings is 1. The standard InChI is InChI=1S/C52H89N11O10/c1-31(2)11-10-14-37(64)30-46(67)58-38(15-20-53)44(65)28-35-19-24-57-49(70)42(25-32(3)4)63-51(72)41(18-23-56)60-50(71)40(17-22-55)61-52(73)43(26-33(5)6)62-48(69)36(27-34-12-8-7-9-13-34)29-45(66)39(16-21-54)59-47(35)68/h7-9,12-13,31-33,35-43,64H,10-11,14-30,53-56H2,1-6H3,(H,57,70)(H,58,67)(H,59,68)(H,60,71)(H,61,73)(H,62,69)(H,63,72)/t35-,36+,37?,38+,39+,40+,41+,42+,43+/m1/s1. The van der Waals surface area contributed by atoms with Crippen LogP contribution < -0.4 is 60.2 Å². The molecule has 9 atom stereocenters. The van der Waals surface area contributed by atoms with Gasteiger partial charge in [-0.2, -0.15) is 0 Å². The van der Waals surface area contributed by atoms with Gasteiger partial charge in [0.15, 0.2) is 11.6 Å². The maximum Gasteiger partial charge on any atom is 0.243 e. The molecule has 21 nitrogen and oxygen atoms in total. The van der Waals surface area contributed by atoms with Crippen LogP contribution in [-0.2, 0) is 49.6 Å². The van der Waals surface area contributed by atoms with Crippen molar-refractivity contribution in [1.29, 1.82) is 0 Å². The second-order valence-corrected chi connectivity index (χ2v) is 20.7. The fourth-order valence-corrected chi connectivity index (χ4v) is 8.71. The number of ketones is 2. The maximum absolute atomic E-state index is 14.5. The van der Waals surface area contributed by atoms with Crippen molar-refractivity contribution >= 4 is 52.9 Å². The molecule has 2 rings (SSSR count). The summed E-state index contributed by atoms with van der Waals surface area (Å²) in [5.74, 6) is -7.90. The molecule has 21 heteroatoms. The molecule has 1 unspecified atom stereocenters. The summed E-state index contributed by atoms with van der Waals surface area (Å²) in [4.78, 5) is 126. The van der Waals surface area contributed by atoms with Gasteiger partial charge >= 0.3 is 0 Å². The number of carbonyl (C=O) groups is 9. The Labute approximate surface area is 432 Å². The van der Waals surface area contributed by atoms with Gasteiger partial charge in [-0.05, 0) is 107 Å². The number of aliphatic hydroxyl groups excluding tert-OH is 1. The summed E-state index contributed by atoms with van der Waals surface area (Å²) >= 11 is 0. The maximum atomic E-state index is 14.5. The third-order valence-electron chi connectivity index (χ3n) is 12.7. The monoisotopic (exact) mass is 1030 g/mol. The quantitative estimate of drug-likeness (QED) is 0.0643. The minimum Gasteiger partial charge on any atom is -0.393 e. The van der Waals surface area contributed by atoms with Crippen LogP contribution in [0.2, 0.25) is 0 Å². The highest BCUT2D eigenvalue weighted by Gasteiger charge is 2.36. The third kappa shape index (κ3) is 24.5. The van der Waals surface area contributed by atoms with E-state index in [9.17, 15) is 48.3 Å². The Balaban J connectivity index is 2.70. The molecule has 16 N–H and O–H groups in total. The fraction of sp³-hybridized carbons (Fsp3) is 0.712. The van der Waals surface area contributed by atoms with E-state index < -0.39 is 120 Å². The van der Waals surface area contributed by atoms with Crippen molar-refractivity contribution in [3.8, 4) is 0 Å². The second-order valence-electron chi connectivity index (χ2n) is 20.7. The fourth-order valence-electron chi connectivity index (χ4n) is 8.71.